The van der Waals surface area contributed by atoms with E-state index in [1.165, 1.54) is 12.1 Å². The van der Waals surface area contributed by atoms with E-state index in [4.69, 9.17) is 5.73 Å². The molecule has 2 aromatic heterocycles. The molecule has 0 bridgehead atoms. The molecule has 0 aliphatic rings. The molecule has 1 aromatic carbocycles. The van der Waals surface area contributed by atoms with Crippen molar-refractivity contribution in [3.8, 4) is 17.1 Å². The number of aryl methyl sites for hydroxylation is 2. The Morgan fingerprint density at radius 2 is 2.14 bits per heavy atom. The molecule has 8 heteroatoms. The number of hydrogen-bond acceptors (Lipinski definition) is 5. The molecule has 0 radical (unpaired) electrons. The average Bonchev–Trinajstić information content (AvgIpc) is 3.04. The van der Waals surface area contributed by atoms with E-state index >= 15 is 0 Å². The number of nitrogens with zero attached hydrogens (tertiary/aromatic N) is 6. The first-order valence-electron chi connectivity index (χ1n) is 6.46. The van der Waals surface area contributed by atoms with Crippen molar-refractivity contribution in [2.75, 3.05) is 5.73 Å². The fraction of sp³-hybridized carbons (Fsp3) is 0.231. The van der Waals surface area contributed by atoms with Crippen LogP contribution >= 0.6 is 0 Å². The van der Waals surface area contributed by atoms with Crippen LogP contribution < -0.4 is 5.73 Å². The molecule has 7 nitrogen and oxygen atoms in total. The zero-order valence-electron chi connectivity index (χ0n) is 11.7. The predicted molar refractivity (Wildman–Crippen MR) is 75.1 cm³/mol. The lowest BCUT2D eigenvalue weighted by atomic mass is 10.1. The lowest BCUT2D eigenvalue weighted by Gasteiger charge is -2.06. The number of halogens is 1. The van der Waals surface area contributed by atoms with Crippen molar-refractivity contribution in [1.29, 1.82) is 0 Å². The average molecular weight is 287 g/mol. The number of rotatable bonds is 3. The maximum Gasteiger partial charge on any atom is 0.189 e. The lowest BCUT2D eigenvalue weighted by Crippen LogP contribution is -2.03. The third-order valence-electron chi connectivity index (χ3n) is 3.17. The van der Waals surface area contributed by atoms with Gasteiger partial charge in [0.1, 0.15) is 11.5 Å². The van der Waals surface area contributed by atoms with Crippen LogP contribution in [0.25, 0.3) is 17.1 Å². The summed E-state index contributed by atoms with van der Waals surface area (Å²) in [4.78, 5) is 0. The second-order valence-electron chi connectivity index (χ2n) is 4.63. The minimum atomic E-state index is -0.397. The van der Waals surface area contributed by atoms with Gasteiger partial charge in [-0.05, 0) is 35.0 Å². The van der Waals surface area contributed by atoms with Gasteiger partial charge >= 0.3 is 0 Å². The van der Waals surface area contributed by atoms with Crippen molar-refractivity contribution >= 4 is 5.69 Å². The summed E-state index contributed by atoms with van der Waals surface area (Å²) in [7, 11) is 1.83. The lowest BCUT2D eigenvalue weighted by molar-refractivity contribution is 0.628. The van der Waals surface area contributed by atoms with Crippen LogP contribution in [0.2, 0.25) is 0 Å². The van der Waals surface area contributed by atoms with E-state index in [-0.39, 0.29) is 5.69 Å². The Morgan fingerprint density at radius 3 is 2.86 bits per heavy atom. The monoisotopic (exact) mass is 287 g/mol. The molecule has 21 heavy (non-hydrogen) atoms. The van der Waals surface area contributed by atoms with E-state index in [1.54, 1.807) is 15.4 Å². The van der Waals surface area contributed by atoms with Gasteiger partial charge in [-0.2, -0.15) is 9.78 Å². The molecule has 0 spiro atoms. The molecule has 0 saturated heterocycles. The van der Waals surface area contributed by atoms with Gasteiger partial charge in [-0.1, -0.05) is 6.92 Å². The second-order valence-corrected chi connectivity index (χ2v) is 4.63. The van der Waals surface area contributed by atoms with Gasteiger partial charge in [-0.25, -0.2) is 4.39 Å². The van der Waals surface area contributed by atoms with E-state index in [2.05, 4.69) is 20.6 Å². The minimum Gasteiger partial charge on any atom is -0.398 e. The fourth-order valence-electron chi connectivity index (χ4n) is 2.21. The van der Waals surface area contributed by atoms with Crippen LogP contribution in [0.1, 0.15) is 12.6 Å². The highest BCUT2D eigenvalue weighted by Crippen LogP contribution is 2.26. The Labute approximate surface area is 120 Å². The van der Waals surface area contributed by atoms with Crippen molar-refractivity contribution < 1.29 is 4.39 Å². The molecular formula is C13H14FN7. The fourth-order valence-corrected chi connectivity index (χ4v) is 2.21. The van der Waals surface area contributed by atoms with Crippen LogP contribution in [0.5, 0.6) is 0 Å². The largest absolute Gasteiger partial charge is 0.398 e. The molecule has 0 unspecified atom stereocenters. The molecule has 0 fully saturated rings. The molecule has 0 aliphatic carbocycles. The van der Waals surface area contributed by atoms with E-state index < -0.39 is 5.82 Å². The van der Waals surface area contributed by atoms with Crippen molar-refractivity contribution in [1.82, 2.24) is 30.0 Å². The first-order chi connectivity index (χ1) is 10.1. The van der Waals surface area contributed by atoms with Crippen LogP contribution in [-0.4, -0.2) is 30.0 Å². The van der Waals surface area contributed by atoms with Gasteiger partial charge in [0.2, 0.25) is 0 Å². The molecule has 0 saturated carbocycles. The molecule has 0 atom stereocenters. The van der Waals surface area contributed by atoms with Gasteiger partial charge in [0.25, 0.3) is 0 Å². The number of hydrogen-bond donors (Lipinski definition) is 1. The number of anilines is 1. The van der Waals surface area contributed by atoms with E-state index in [0.29, 0.717) is 11.4 Å². The van der Waals surface area contributed by atoms with E-state index in [1.807, 2.05) is 20.2 Å². The van der Waals surface area contributed by atoms with E-state index in [0.717, 1.165) is 17.8 Å². The topological polar surface area (TPSA) is 87.4 Å². The Balaban J connectivity index is 2.17. The summed E-state index contributed by atoms with van der Waals surface area (Å²) < 4.78 is 16.4. The van der Waals surface area contributed by atoms with E-state index in [9.17, 15) is 4.39 Å². The summed E-state index contributed by atoms with van der Waals surface area (Å²) in [6, 6.07) is 4.14. The molecule has 0 aliphatic heterocycles. The molecular weight excluding hydrogens is 273 g/mol. The highest BCUT2D eigenvalue weighted by Gasteiger charge is 2.17. The van der Waals surface area contributed by atoms with Gasteiger partial charge < -0.3 is 5.73 Å². The zero-order valence-corrected chi connectivity index (χ0v) is 11.7. The van der Waals surface area contributed by atoms with Gasteiger partial charge in [0.05, 0.1) is 11.9 Å². The normalized spacial score (nSPS) is 11.0. The second kappa shape index (κ2) is 4.97. The van der Waals surface area contributed by atoms with Crippen LogP contribution in [-0.2, 0) is 13.5 Å². The summed E-state index contributed by atoms with van der Waals surface area (Å²) in [5.74, 6) is 0.0566. The van der Waals surface area contributed by atoms with Gasteiger partial charge in [0.15, 0.2) is 5.82 Å². The Morgan fingerprint density at radius 1 is 1.33 bits per heavy atom. The predicted octanol–water partition coefficient (Wildman–Crippen LogP) is 1.35. The highest BCUT2D eigenvalue weighted by molar-refractivity contribution is 5.72. The van der Waals surface area contributed by atoms with Gasteiger partial charge in [-0.15, -0.1) is 5.10 Å². The standard InChI is InChI=1S/C13H14FN7/c1-3-11-12(7-20(2)17-11)21-13(16-18-19-21)9-5-4-8(14)6-10(9)15/h4-7H,3,15H2,1-2H3. The Hall–Kier alpha value is -2.77. The van der Waals surface area contributed by atoms with Crippen molar-refractivity contribution in [3.63, 3.8) is 0 Å². The first-order valence-corrected chi connectivity index (χ1v) is 6.46. The van der Waals surface area contributed by atoms with Crippen molar-refractivity contribution in [2.45, 2.75) is 13.3 Å². The van der Waals surface area contributed by atoms with Crippen LogP contribution in [0.15, 0.2) is 24.4 Å². The number of nitrogens with two attached hydrogens (primary N) is 1. The molecule has 108 valence electrons. The molecule has 2 N–H and O–H groups in total. The highest BCUT2D eigenvalue weighted by atomic mass is 19.1. The summed E-state index contributed by atoms with van der Waals surface area (Å²) in [6.45, 7) is 2.00. The van der Waals surface area contributed by atoms with Crippen LogP contribution in [0, 0.1) is 5.82 Å². The number of aromatic nitrogens is 6. The van der Waals surface area contributed by atoms with Gasteiger partial charge in [-0.3, -0.25) is 4.68 Å². The number of tetrazole rings is 1. The Kier molecular flexibility index (Phi) is 3.13. The summed E-state index contributed by atoms with van der Waals surface area (Å²) in [5.41, 5.74) is 8.38. The third-order valence-corrected chi connectivity index (χ3v) is 3.17. The third kappa shape index (κ3) is 2.24. The molecule has 3 rings (SSSR count). The molecule has 2 heterocycles. The summed E-state index contributed by atoms with van der Waals surface area (Å²) >= 11 is 0. The summed E-state index contributed by atoms with van der Waals surface area (Å²) in [5, 5.41) is 16.1. The maximum absolute atomic E-state index is 13.2. The first kappa shape index (κ1) is 13.2. The van der Waals surface area contributed by atoms with Crippen molar-refractivity contribution in [2.24, 2.45) is 7.05 Å². The van der Waals surface area contributed by atoms with Crippen LogP contribution in [0.3, 0.4) is 0 Å². The smallest absolute Gasteiger partial charge is 0.189 e. The molecule has 3 aromatic rings. The molecule has 0 amide bonds. The maximum atomic E-state index is 13.2. The number of nitrogen functional groups attached to an aromatic ring is 1. The quantitative estimate of drug-likeness (QED) is 0.735. The Bertz CT molecular complexity index is 790. The minimum absolute atomic E-state index is 0.285. The SMILES string of the molecule is CCc1nn(C)cc1-n1nnnc1-c1ccc(F)cc1N. The number of benzene rings is 1. The van der Waals surface area contributed by atoms with Gasteiger partial charge in [0, 0.05) is 18.3 Å². The van der Waals surface area contributed by atoms with Crippen molar-refractivity contribution in [3.05, 3.63) is 35.9 Å². The summed E-state index contributed by atoms with van der Waals surface area (Å²) in [6.07, 6.45) is 2.58. The van der Waals surface area contributed by atoms with Crippen LogP contribution in [0.4, 0.5) is 10.1 Å². The zero-order chi connectivity index (χ0) is 15.0.